The number of fused-ring (bicyclic) bond motifs is 2. The number of carbonyl (C=O) groups excluding carboxylic acids is 1. The van der Waals surface area contributed by atoms with Gasteiger partial charge >= 0.3 is 12.1 Å². The fraction of sp³-hybridized carbons (Fsp3) is 0.480. The first kappa shape index (κ1) is 24.0. The quantitative estimate of drug-likeness (QED) is 0.523. The number of likely N-dealkylation sites (tertiary alicyclic amines) is 1. The van der Waals surface area contributed by atoms with Crippen LogP contribution in [0.2, 0.25) is 5.02 Å². The van der Waals surface area contributed by atoms with Crippen molar-refractivity contribution >= 4 is 39.6 Å². The number of aryl methyl sites for hydroxylation is 2. The van der Waals surface area contributed by atoms with Gasteiger partial charge in [-0.05, 0) is 103 Å². The largest absolute Gasteiger partial charge is 0.480 e. The van der Waals surface area contributed by atoms with Crippen molar-refractivity contribution in [1.82, 2.24) is 9.88 Å². The third-order valence-corrected chi connectivity index (χ3v) is 7.06. The lowest BCUT2D eigenvalue weighted by Crippen LogP contribution is -2.52. The molecular formula is C25H28BrClN2O4. The molecule has 6 nitrogen and oxygen atoms in total. The van der Waals surface area contributed by atoms with E-state index in [4.69, 9.17) is 21.3 Å². The van der Waals surface area contributed by atoms with Crippen LogP contribution in [0.1, 0.15) is 61.9 Å². The molecule has 1 saturated heterocycles. The van der Waals surface area contributed by atoms with Gasteiger partial charge in [0.05, 0.1) is 5.69 Å². The molecule has 1 aromatic carbocycles. The molecular weight excluding hydrogens is 508 g/mol. The van der Waals surface area contributed by atoms with Crippen molar-refractivity contribution in [3.05, 3.63) is 62.3 Å². The Balaban J connectivity index is 1.71. The van der Waals surface area contributed by atoms with Gasteiger partial charge in [-0.3, -0.25) is 9.88 Å². The molecule has 8 heteroatoms. The van der Waals surface area contributed by atoms with Crippen LogP contribution in [-0.2, 0) is 22.4 Å². The second-order valence-electron chi connectivity index (χ2n) is 9.83. The van der Waals surface area contributed by atoms with E-state index in [1.165, 1.54) is 10.5 Å². The number of nitrogens with zero attached hydrogens (tertiary/aromatic N) is 2. The first-order valence-electron chi connectivity index (χ1n) is 11.2. The maximum atomic E-state index is 12.7. The van der Waals surface area contributed by atoms with Crippen molar-refractivity contribution in [1.29, 1.82) is 0 Å². The maximum absolute atomic E-state index is 12.7. The zero-order chi connectivity index (χ0) is 23.9. The Morgan fingerprint density at radius 2 is 1.94 bits per heavy atom. The molecule has 3 unspecified atom stereocenters. The highest BCUT2D eigenvalue weighted by Crippen LogP contribution is 2.44. The van der Waals surface area contributed by atoms with E-state index in [1.54, 1.807) is 27.0 Å². The highest BCUT2D eigenvalue weighted by molar-refractivity contribution is 9.10. The molecule has 0 saturated carbocycles. The Labute approximate surface area is 207 Å². The van der Waals surface area contributed by atoms with E-state index in [9.17, 15) is 14.7 Å². The number of carbonyl (C=O) groups is 2. The Hall–Kier alpha value is -2.12. The van der Waals surface area contributed by atoms with Crippen LogP contribution in [0.5, 0.6) is 0 Å². The molecule has 0 spiro atoms. The van der Waals surface area contributed by atoms with E-state index in [0.29, 0.717) is 24.4 Å². The first-order chi connectivity index (χ1) is 15.5. The van der Waals surface area contributed by atoms with Crippen molar-refractivity contribution in [2.75, 3.05) is 6.54 Å². The molecule has 1 N–H and O–H groups in total. The highest BCUT2D eigenvalue weighted by Gasteiger charge is 2.42. The summed E-state index contributed by atoms with van der Waals surface area (Å²) >= 11 is 9.85. The summed E-state index contributed by atoms with van der Waals surface area (Å²) in [4.78, 5) is 31.1. The number of piperidine rings is 1. The number of aromatic nitrogens is 1. The van der Waals surface area contributed by atoms with E-state index in [0.717, 1.165) is 34.1 Å². The van der Waals surface area contributed by atoms with E-state index < -0.39 is 23.7 Å². The van der Waals surface area contributed by atoms with Crippen LogP contribution < -0.4 is 0 Å². The Morgan fingerprint density at radius 3 is 2.64 bits per heavy atom. The van der Waals surface area contributed by atoms with Crippen LogP contribution in [0.15, 0.2) is 34.9 Å². The van der Waals surface area contributed by atoms with Gasteiger partial charge in [0, 0.05) is 28.2 Å². The summed E-state index contributed by atoms with van der Waals surface area (Å²) < 4.78 is 6.41. The molecule has 176 valence electrons. The number of benzene rings is 1. The van der Waals surface area contributed by atoms with Crippen LogP contribution in [0.4, 0.5) is 4.79 Å². The third kappa shape index (κ3) is 5.19. The van der Waals surface area contributed by atoms with E-state index in [-0.39, 0.29) is 11.8 Å². The predicted octanol–water partition coefficient (Wildman–Crippen LogP) is 5.83. The third-order valence-electron chi connectivity index (χ3n) is 6.39. The number of pyridine rings is 1. The summed E-state index contributed by atoms with van der Waals surface area (Å²) in [6, 6.07) is 7.11. The minimum atomic E-state index is -1.01. The molecule has 1 amide bonds. The lowest BCUT2D eigenvalue weighted by Gasteiger charge is -2.40. The normalized spacial score (nSPS) is 22.7. The number of ether oxygens (including phenoxy) is 1. The van der Waals surface area contributed by atoms with Gasteiger partial charge in [0.15, 0.2) is 0 Å². The maximum Gasteiger partial charge on any atom is 0.411 e. The van der Waals surface area contributed by atoms with Gasteiger partial charge in [-0.15, -0.1) is 0 Å². The van der Waals surface area contributed by atoms with Crippen molar-refractivity contribution in [2.24, 2.45) is 5.92 Å². The van der Waals surface area contributed by atoms with Crippen LogP contribution in [0, 0.1) is 5.92 Å². The van der Waals surface area contributed by atoms with Gasteiger partial charge in [0.25, 0.3) is 0 Å². The Morgan fingerprint density at radius 1 is 1.21 bits per heavy atom. The zero-order valence-electron chi connectivity index (χ0n) is 19.0. The van der Waals surface area contributed by atoms with Crippen molar-refractivity contribution < 1.29 is 19.4 Å². The van der Waals surface area contributed by atoms with Gasteiger partial charge in [-0.2, -0.15) is 0 Å². The van der Waals surface area contributed by atoms with Gasteiger partial charge < -0.3 is 9.84 Å². The lowest BCUT2D eigenvalue weighted by molar-refractivity contribution is -0.145. The molecule has 1 aromatic heterocycles. The minimum Gasteiger partial charge on any atom is -0.480 e. The molecule has 3 atom stereocenters. The number of amides is 1. The number of aliphatic carboxylic acids is 1. The Bertz CT molecular complexity index is 1030. The van der Waals surface area contributed by atoms with Crippen molar-refractivity contribution in [3.63, 3.8) is 0 Å². The summed E-state index contributed by atoms with van der Waals surface area (Å²) in [6.07, 6.45) is 3.90. The average molecular weight is 536 g/mol. The van der Waals surface area contributed by atoms with Gasteiger partial charge in [0.2, 0.25) is 0 Å². The van der Waals surface area contributed by atoms with Gasteiger partial charge in [-0.1, -0.05) is 17.7 Å². The van der Waals surface area contributed by atoms with E-state index >= 15 is 0 Å². The molecule has 1 fully saturated rings. The molecule has 1 aliphatic heterocycles. The minimum absolute atomic E-state index is 0.00948. The van der Waals surface area contributed by atoms with E-state index in [1.807, 2.05) is 12.1 Å². The standard InChI is InChI=1S/C25H28BrClN2O4/c1-25(2,3)33-24(32)29-9-8-15(12-20(29)23(30)31)21-19-7-6-18(27)11-14(19)4-5-16-10-17(26)13-28-22(16)21/h6-7,10-11,13,15,20-21H,4-5,8-9,12H2,1-3H3,(H,30,31). The summed E-state index contributed by atoms with van der Waals surface area (Å²) in [6.45, 7) is 5.66. The molecule has 0 bridgehead atoms. The summed E-state index contributed by atoms with van der Waals surface area (Å²) in [5.74, 6) is -1.07. The number of hydrogen-bond donors (Lipinski definition) is 1. The Kier molecular flexibility index (Phi) is 6.74. The van der Waals surface area contributed by atoms with Crippen LogP contribution >= 0.6 is 27.5 Å². The fourth-order valence-electron chi connectivity index (χ4n) is 5.03. The summed E-state index contributed by atoms with van der Waals surface area (Å²) in [5.41, 5.74) is 3.77. The molecule has 4 rings (SSSR count). The van der Waals surface area contributed by atoms with Gasteiger partial charge in [-0.25, -0.2) is 9.59 Å². The number of carboxylic acid groups (broad SMARTS) is 1. The smallest absolute Gasteiger partial charge is 0.411 e. The van der Waals surface area contributed by atoms with Crippen molar-refractivity contribution in [2.45, 2.75) is 64.0 Å². The van der Waals surface area contributed by atoms with Crippen LogP contribution in [0.25, 0.3) is 0 Å². The predicted molar refractivity (Wildman–Crippen MR) is 130 cm³/mol. The number of rotatable bonds is 2. The SMILES string of the molecule is CC(C)(C)OC(=O)N1CCC(C2c3ccc(Cl)cc3CCc3cc(Br)cnc32)CC1C(=O)O. The van der Waals surface area contributed by atoms with Gasteiger partial charge in [0.1, 0.15) is 11.6 Å². The second kappa shape index (κ2) is 9.26. The van der Waals surface area contributed by atoms with Crippen LogP contribution in [-0.4, -0.2) is 45.2 Å². The number of hydrogen-bond acceptors (Lipinski definition) is 4. The second-order valence-corrected chi connectivity index (χ2v) is 11.2. The zero-order valence-corrected chi connectivity index (χ0v) is 21.3. The van der Waals surface area contributed by atoms with Crippen molar-refractivity contribution in [3.8, 4) is 0 Å². The topological polar surface area (TPSA) is 79.7 Å². The molecule has 0 radical (unpaired) electrons. The van der Waals surface area contributed by atoms with E-state index in [2.05, 4.69) is 28.1 Å². The molecule has 1 aliphatic carbocycles. The number of halogens is 2. The first-order valence-corrected chi connectivity index (χ1v) is 12.4. The fourth-order valence-corrected chi connectivity index (χ4v) is 5.60. The average Bonchev–Trinajstić information content (AvgIpc) is 2.88. The molecule has 33 heavy (non-hydrogen) atoms. The number of carboxylic acids is 1. The molecule has 2 aromatic rings. The lowest BCUT2D eigenvalue weighted by atomic mass is 9.74. The monoisotopic (exact) mass is 534 g/mol. The summed E-state index contributed by atoms with van der Waals surface area (Å²) in [5, 5.41) is 10.7. The molecule has 2 aliphatic rings. The highest BCUT2D eigenvalue weighted by atomic mass is 79.9. The van der Waals surface area contributed by atoms with Crippen LogP contribution in [0.3, 0.4) is 0 Å². The molecule has 2 heterocycles. The summed E-state index contributed by atoms with van der Waals surface area (Å²) in [7, 11) is 0.